The molecule has 150 valence electrons. The molecule has 0 spiro atoms. The summed E-state index contributed by atoms with van der Waals surface area (Å²) in [5.74, 6) is 0.121. The van der Waals surface area contributed by atoms with Crippen LogP contribution in [0.1, 0.15) is 31.4 Å². The Morgan fingerprint density at radius 1 is 1.37 bits per heavy atom. The summed E-state index contributed by atoms with van der Waals surface area (Å²) in [6.45, 7) is 4.83. The molecule has 1 fully saturated rings. The van der Waals surface area contributed by atoms with Crippen molar-refractivity contribution in [3.8, 4) is 0 Å². The van der Waals surface area contributed by atoms with Gasteiger partial charge in [-0.05, 0) is 38.1 Å². The SMILES string of the molecule is CCN(CCN1CCC(c2noc3cc(Cl)ccc23)CC1)S(=O)(=O)CCO. The summed E-state index contributed by atoms with van der Waals surface area (Å²) in [7, 11) is -3.37. The number of aromatic nitrogens is 1. The van der Waals surface area contributed by atoms with Gasteiger partial charge in [-0.3, -0.25) is 0 Å². The molecular formula is C18H26ClN3O4S. The van der Waals surface area contributed by atoms with E-state index in [0.717, 1.165) is 37.0 Å². The Kier molecular flexibility index (Phi) is 6.75. The zero-order valence-corrected chi connectivity index (χ0v) is 17.0. The molecule has 2 aromatic rings. The van der Waals surface area contributed by atoms with Crippen LogP contribution >= 0.6 is 11.6 Å². The first-order valence-electron chi connectivity index (χ1n) is 9.30. The highest BCUT2D eigenvalue weighted by Gasteiger charge is 2.26. The third-order valence-corrected chi connectivity index (χ3v) is 7.36. The molecule has 0 atom stereocenters. The van der Waals surface area contributed by atoms with Gasteiger partial charge >= 0.3 is 0 Å². The second-order valence-electron chi connectivity index (χ2n) is 6.86. The summed E-state index contributed by atoms with van der Waals surface area (Å²) in [6, 6.07) is 5.60. The molecule has 0 aliphatic carbocycles. The smallest absolute Gasteiger partial charge is 0.216 e. The van der Waals surface area contributed by atoms with Gasteiger partial charge in [-0.15, -0.1) is 0 Å². The van der Waals surface area contributed by atoms with Gasteiger partial charge in [-0.25, -0.2) is 12.7 Å². The number of benzene rings is 1. The van der Waals surface area contributed by atoms with Crippen LogP contribution in [0.3, 0.4) is 0 Å². The number of piperidine rings is 1. The van der Waals surface area contributed by atoms with Crippen LogP contribution in [0.25, 0.3) is 11.0 Å². The highest BCUT2D eigenvalue weighted by Crippen LogP contribution is 2.33. The van der Waals surface area contributed by atoms with Gasteiger partial charge in [-0.1, -0.05) is 23.7 Å². The van der Waals surface area contributed by atoms with Crippen molar-refractivity contribution in [3.63, 3.8) is 0 Å². The van der Waals surface area contributed by atoms with Crippen LogP contribution in [0.15, 0.2) is 22.7 Å². The quantitative estimate of drug-likeness (QED) is 0.711. The molecule has 1 N–H and O–H groups in total. The van der Waals surface area contributed by atoms with Crippen LogP contribution in [0, 0.1) is 0 Å². The lowest BCUT2D eigenvalue weighted by molar-refractivity contribution is 0.197. The van der Waals surface area contributed by atoms with Gasteiger partial charge in [0.05, 0.1) is 18.1 Å². The average molecular weight is 416 g/mol. The summed E-state index contributed by atoms with van der Waals surface area (Å²) in [6.07, 6.45) is 1.92. The number of aliphatic hydroxyl groups excluding tert-OH is 1. The highest BCUT2D eigenvalue weighted by molar-refractivity contribution is 7.89. The van der Waals surface area contributed by atoms with E-state index < -0.39 is 10.0 Å². The van der Waals surface area contributed by atoms with Crippen LogP contribution in [0.2, 0.25) is 5.02 Å². The van der Waals surface area contributed by atoms with Crippen LogP contribution in [-0.4, -0.2) is 73.0 Å². The average Bonchev–Trinajstić information content (AvgIpc) is 3.05. The van der Waals surface area contributed by atoms with Gasteiger partial charge in [0.2, 0.25) is 10.0 Å². The Labute approximate surface area is 164 Å². The molecule has 1 aromatic heterocycles. The fourth-order valence-corrected chi connectivity index (χ4v) is 5.05. The molecular weight excluding hydrogens is 390 g/mol. The first-order chi connectivity index (χ1) is 12.9. The van der Waals surface area contributed by atoms with E-state index in [4.69, 9.17) is 21.2 Å². The number of rotatable bonds is 8. The predicted molar refractivity (Wildman–Crippen MR) is 106 cm³/mol. The molecule has 1 aliphatic heterocycles. The van der Waals surface area contributed by atoms with Crippen LogP contribution in [-0.2, 0) is 10.0 Å². The third-order valence-electron chi connectivity index (χ3n) is 5.20. The van der Waals surface area contributed by atoms with Crippen molar-refractivity contribution in [2.75, 3.05) is 45.1 Å². The maximum atomic E-state index is 12.1. The molecule has 1 saturated heterocycles. The van der Waals surface area contributed by atoms with Gasteiger partial charge in [0.1, 0.15) is 0 Å². The number of nitrogens with zero attached hydrogens (tertiary/aromatic N) is 3. The maximum absolute atomic E-state index is 12.1. The van der Waals surface area contributed by atoms with Crippen molar-refractivity contribution in [2.24, 2.45) is 0 Å². The van der Waals surface area contributed by atoms with E-state index >= 15 is 0 Å². The van der Waals surface area contributed by atoms with Crippen molar-refractivity contribution < 1.29 is 18.0 Å². The summed E-state index contributed by atoms with van der Waals surface area (Å²) in [5, 5.41) is 14.9. The number of hydrogen-bond donors (Lipinski definition) is 1. The number of sulfonamides is 1. The van der Waals surface area contributed by atoms with Gasteiger partial charge in [-0.2, -0.15) is 0 Å². The summed E-state index contributed by atoms with van der Waals surface area (Å²) in [4.78, 5) is 2.28. The minimum Gasteiger partial charge on any atom is -0.395 e. The normalized spacial score (nSPS) is 17.2. The Bertz CT molecular complexity index is 863. The van der Waals surface area contributed by atoms with Crippen LogP contribution < -0.4 is 0 Å². The lowest BCUT2D eigenvalue weighted by Gasteiger charge is -2.32. The summed E-state index contributed by atoms with van der Waals surface area (Å²) >= 11 is 6.00. The molecule has 1 aliphatic rings. The van der Waals surface area contributed by atoms with Gasteiger partial charge in [0.15, 0.2) is 5.58 Å². The van der Waals surface area contributed by atoms with Crippen molar-refractivity contribution >= 4 is 32.6 Å². The number of aliphatic hydroxyl groups is 1. The lowest BCUT2D eigenvalue weighted by atomic mass is 9.91. The Hall–Kier alpha value is -1.19. The fraction of sp³-hybridized carbons (Fsp3) is 0.611. The molecule has 0 amide bonds. The molecule has 0 unspecified atom stereocenters. The van der Waals surface area contributed by atoms with E-state index in [2.05, 4.69) is 10.1 Å². The zero-order chi connectivity index (χ0) is 19.4. The Morgan fingerprint density at radius 3 is 2.78 bits per heavy atom. The van der Waals surface area contributed by atoms with Gasteiger partial charge < -0.3 is 14.5 Å². The van der Waals surface area contributed by atoms with E-state index in [1.165, 1.54) is 4.31 Å². The molecule has 3 rings (SSSR count). The number of halogens is 1. The minimum atomic E-state index is -3.37. The largest absolute Gasteiger partial charge is 0.395 e. The van der Waals surface area contributed by atoms with E-state index in [1.54, 1.807) is 6.07 Å². The van der Waals surface area contributed by atoms with Gasteiger partial charge in [0.25, 0.3) is 0 Å². The standard InChI is InChI=1S/C18H26ClN3O4S/c1-2-22(27(24,25)12-11-23)10-9-21-7-5-14(6-8-21)18-16-4-3-15(19)13-17(16)26-20-18/h3-4,13-14,23H,2,5-12H2,1H3. The number of likely N-dealkylation sites (N-methyl/N-ethyl adjacent to an activating group) is 1. The topological polar surface area (TPSA) is 86.9 Å². The monoisotopic (exact) mass is 415 g/mol. The maximum Gasteiger partial charge on any atom is 0.216 e. The number of likely N-dealkylation sites (tertiary alicyclic amines) is 1. The molecule has 7 nitrogen and oxygen atoms in total. The van der Waals surface area contributed by atoms with E-state index in [0.29, 0.717) is 36.2 Å². The van der Waals surface area contributed by atoms with E-state index in [-0.39, 0.29) is 12.4 Å². The third kappa shape index (κ3) is 4.81. The predicted octanol–water partition coefficient (Wildman–Crippen LogP) is 2.30. The summed E-state index contributed by atoms with van der Waals surface area (Å²) in [5.41, 5.74) is 1.70. The molecule has 0 radical (unpaired) electrons. The van der Waals surface area contributed by atoms with E-state index in [9.17, 15) is 8.42 Å². The van der Waals surface area contributed by atoms with Gasteiger partial charge in [0, 0.05) is 42.0 Å². The van der Waals surface area contributed by atoms with Crippen molar-refractivity contribution in [1.82, 2.24) is 14.4 Å². The number of hydrogen-bond acceptors (Lipinski definition) is 6. The van der Waals surface area contributed by atoms with Crippen LogP contribution in [0.5, 0.6) is 0 Å². The Balaban J connectivity index is 1.55. The van der Waals surface area contributed by atoms with Crippen molar-refractivity contribution in [2.45, 2.75) is 25.7 Å². The molecule has 1 aromatic carbocycles. The van der Waals surface area contributed by atoms with E-state index in [1.807, 2.05) is 19.1 Å². The molecule has 9 heteroatoms. The fourth-order valence-electron chi connectivity index (χ4n) is 3.65. The first-order valence-corrected chi connectivity index (χ1v) is 11.3. The molecule has 27 heavy (non-hydrogen) atoms. The van der Waals surface area contributed by atoms with Crippen LogP contribution in [0.4, 0.5) is 0 Å². The first kappa shape index (κ1) is 20.5. The van der Waals surface area contributed by atoms with Crippen molar-refractivity contribution in [3.05, 3.63) is 28.9 Å². The number of fused-ring (bicyclic) bond motifs is 1. The molecule has 0 bridgehead atoms. The molecule has 0 saturated carbocycles. The Morgan fingerprint density at radius 2 is 2.11 bits per heavy atom. The zero-order valence-electron chi connectivity index (χ0n) is 15.5. The summed E-state index contributed by atoms with van der Waals surface area (Å²) < 4.78 is 31.1. The van der Waals surface area contributed by atoms with Crippen molar-refractivity contribution in [1.29, 1.82) is 0 Å². The minimum absolute atomic E-state index is 0.216. The lowest BCUT2D eigenvalue weighted by Crippen LogP contribution is -2.42. The molecule has 2 heterocycles. The second-order valence-corrected chi connectivity index (χ2v) is 9.38. The highest BCUT2D eigenvalue weighted by atomic mass is 35.5. The second kappa shape index (κ2) is 8.87.